The summed E-state index contributed by atoms with van der Waals surface area (Å²) in [5.74, 6) is 1.31. The van der Waals surface area contributed by atoms with Gasteiger partial charge in [-0.15, -0.1) is 0 Å². The van der Waals surface area contributed by atoms with Crippen molar-refractivity contribution >= 4 is 41.0 Å². The normalized spacial score (nSPS) is 13.4. The lowest BCUT2D eigenvalue weighted by Gasteiger charge is -2.09. The van der Waals surface area contributed by atoms with Gasteiger partial charge < -0.3 is 10.1 Å². The first-order valence-corrected chi connectivity index (χ1v) is 10.3. The summed E-state index contributed by atoms with van der Waals surface area (Å²) in [6, 6.07) is 11.4. The summed E-state index contributed by atoms with van der Waals surface area (Å²) in [5, 5.41) is 13.9. The topological polar surface area (TPSA) is 109 Å². The number of benzene rings is 1. The van der Waals surface area contributed by atoms with Crippen LogP contribution in [0.25, 0.3) is 5.65 Å². The molecule has 4 aromatic rings. The van der Waals surface area contributed by atoms with Crippen molar-refractivity contribution in [1.29, 1.82) is 0 Å². The van der Waals surface area contributed by atoms with E-state index in [2.05, 4.69) is 25.8 Å². The van der Waals surface area contributed by atoms with Gasteiger partial charge in [0, 0.05) is 40.8 Å². The summed E-state index contributed by atoms with van der Waals surface area (Å²) in [7, 11) is 0. The van der Waals surface area contributed by atoms with E-state index in [1.807, 2.05) is 53.9 Å². The second-order valence-electron chi connectivity index (χ2n) is 6.99. The van der Waals surface area contributed by atoms with Crippen molar-refractivity contribution in [3.8, 4) is 0 Å². The molecule has 10 heteroatoms. The van der Waals surface area contributed by atoms with E-state index in [0.29, 0.717) is 17.5 Å². The number of aromatic amines is 1. The molecule has 3 N–H and O–H groups in total. The van der Waals surface area contributed by atoms with Gasteiger partial charge in [-0.2, -0.15) is 5.10 Å². The van der Waals surface area contributed by atoms with Crippen LogP contribution < -0.4 is 10.6 Å². The molecule has 0 spiro atoms. The summed E-state index contributed by atoms with van der Waals surface area (Å²) < 4.78 is 7.07. The molecule has 0 aliphatic heterocycles. The Morgan fingerprint density at radius 2 is 2.10 bits per heavy atom. The number of nitrogens with one attached hydrogen (secondary N) is 3. The lowest BCUT2D eigenvalue weighted by molar-refractivity contribution is 0.154. The first-order valence-electron chi connectivity index (χ1n) is 9.51. The van der Waals surface area contributed by atoms with Gasteiger partial charge >= 0.3 is 6.09 Å². The largest absolute Gasteiger partial charge is 0.446 e. The molecule has 0 bridgehead atoms. The van der Waals surface area contributed by atoms with Gasteiger partial charge in [0.25, 0.3) is 0 Å². The monoisotopic (exact) mass is 421 g/mol. The molecule has 0 saturated heterocycles. The zero-order chi connectivity index (χ0) is 20.5. The Kier molecular flexibility index (Phi) is 4.75. The molecular weight excluding hydrogens is 402 g/mol. The maximum Gasteiger partial charge on any atom is 0.411 e. The number of ether oxygens (including phenoxy) is 1. The maximum atomic E-state index is 11.8. The molecule has 9 nitrogen and oxygen atoms in total. The fourth-order valence-electron chi connectivity index (χ4n) is 2.85. The van der Waals surface area contributed by atoms with Gasteiger partial charge in [-0.1, -0.05) is 11.8 Å². The number of nitrogens with zero attached hydrogens (tertiary/aromatic N) is 4. The Hall–Kier alpha value is -3.53. The number of carbonyl (C=O) groups excluding carboxylic acids is 1. The number of imidazole rings is 1. The fourth-order valence-corrected chi connectivity index (χ4v) is 3.66. The molecule has 3 aromatic heterocycles. The Morgan fingerprint density at radius 3 is 2.83 bits per heavy atom. The minimum Gasteiger partial charge on any atom is -0.446 e. The van der Waals surface area contributed by atoms with E-state index >= 15 is 0 Å². The number of anilines is 3. The minimum atomic E-state index is -0.409. The van der Waals surface area contributed by atoms with Crippen molar-refractivity contribution in [1.82, 2.24) is 24.6 Å². The molecule has 0 unspecified atom stereocenters. The quantitative estimate of drug-likeness (QED) is 0.397. The third-order valence-electron chi connectivity index (χ3n) is 4.43. The van der Waals surface area contributed by atoms with Crippen LogP contribution in [0.1, 0.15) is 18.5 Å². The molecule has 152 valence electrons. The van der Waals surface area contributed by atoms with Crippen LogP contribution in [0.5, 0.6) is 0 Å². The molecule has 1 aliphatic carbocycles. The zero-order valence-corrected chi connectivity index (χ0v) is 16.9. The number of hydrogen-bond donors (Lipinski definition) is 3. The zero-order valence-electron chi connectivity index (χ0n) is 16.1. The molecule has 5 rings (SSSR count). The molecule has 1 fully saturated rings. The lowest BCUT2D eigenvalue weighted by Crippen LogP contribution is -2.14. The van der Waals surface area contributed by atoms with E-state index in [9.17, 15) is 4.79 Å². The molecule has 1 aromatic carbocycles. The van der Waals surface area contributed by atoms with Crippen molar-refractivity contribution in [2.75, 3.05) is 10.6 Å². The molecule has 1 saturated carbocycles. The number of fused-ring (bicyclic) bond motifs is 1. The summed E-state index contributed by atoms with van der Waals surface area (Å²) in [6.45, 7) is 1.94. The van der Waals surface area contributed by atoms with Crippen molar-refractivity contribution in [3.05, 3.63) is 54.5 Å². The Balaban J connectivity index is 1.32. The Morgan fingerprint density at radius 1 is 1.27 bits per heavy atom. The SMILES string of the molecule is Cc1cc(Nc2nc(Sc3ccc(NC(=O)OC4CC4)cc3)cc3nccn23)n[nH]1. The predicted molar refractivity (Wildman–Crippen MR) is 113 cm³/mol. The highest BCUT2D eigenvalue weighted by Gasteiger charge is 2.25. The molecule has 30 heavy (non-hydrogen) atoms. The maximum absolute atomic E-state index is 11.8. The third kappa shape index (κ3) is 4.23. The van der Waals surface area contributed by atoms with Crippen LogP contribution in [-0.4, -0.2) is 36.8 Å². The Bertz CT molecular complexity index is 1200. The highest BCUT2D eigenvalue weighted by Crippen LogP contribution is 2.30. The van der Waals surface area contributed by atoms with E-state index in [1.54, 1.807) is 6.20 Å². The van der Waals surface area contributed by atoms with Gasteiger partial charge in [0.2, 0.25) is 5.95 Å². The van der Waals surface area contributed by atoms with Crippen molar-refractivity contribution in [2.45, 2.75) is 35.8 Å². The summed E-state index contributed by atoms with van der Waals surface area (Å²) >= 11 is 1.51. The van der Waals surface area contributed by atoms with Gasteiger partial charge in [-0.3, -0.25) is 14.8 Å². The average molecular weight is 421 g/mol. The van der Waals surface area contributed by atoms with Crippen LogP contribution >= 0.6 is 11.8 Å². The number of H-pyrrole nitrogens is 1. The van der Waals surface area contributed by atoms with Crippen molar-refractivity contribution < 1.29 is 9.53 Å². The van der Waals surface area contributed by atoms with Gasteiger partial charge in [0.15, 0.2) is 5.82 Å². The molecule has 3 heterocycles. The number of rotatable bonds is 6. The minimum absolute atomic E-state index is 0.0803. The van der Waals surface area contributed by atoms with Crippen LogP contribution in [0.4, 0.5) is 22.2 Å². The number of carbonyl (C=O) groups is 1. The highest BCUT2D eigenvalue weighted by atomic mass is 32.2. The second-order valence-corrected chi connectivity index (χ2v) is 8.08. The van der Waals surface area contributed by atoms with Crippen LogP contribution in [0.15, 0.2) is 58.7 Å². The number of aromatic nitrogens is 5. The highest BCUT2D eigenvalue weighted by molar-refractivity contribution is 7.99. The summed E-state index contributed by atoms with van der Waals surface area (Å²) in [6.07, 6.45) is 5.15. The van der Waals surface area contributed by atoms with E-state index in [1.165, 1.54) is 11.8 Å². The summed E-state index contributed by atoms with van der Waals surface area (Å²) in [4.78, 5) is 21.8. The summed E-state index contributed by atoms with van der Waals surface area (Å²) in [5.41, 5.74) is 2.43. The molecular formula is C20H19N7O2S. The molecule has 0 radical (unpaired) electrons. The lowest BCUT2D eigenvalue weighted by atomic mass is 10.3. The van der Waals surface area contributed by atoms with Gasteiger partial charge in [0.05, 0.1) is 0 Å². The van der Waals surface area contributed by atoms with E-state index in [0.717, 1.165) is 34.1 Å². The van der Waals surface area contributed by atoms with E-state index in [4.69, 9.17) is 9.72 Å². The van der Waals surface area contributed by atoms with Crippen LogP contribution in [0, 0.1) is 6.92 Å². The van der Waals surface area contributed by atoms with E-state index < -0.39 is 6.09 Å². The van der Waals surface area contributed by atoms with E-state index in [-0.39, 0.29) is 6.10 Å². The second kappa shape index (κ2) is 7.71. The first-order chi connectivity index (χ1) is 14.6. The number of aryl methyl sites for hydroxylation is 1. The number of amides is 1. The molecule has 0 atom stereocenters. The first kappa shape index (κ1) is 18.5. The van der Waals surface area contributed by atoms with Crippen LogP contribution in [0.3, 0.4) is 0 Å². The fraction of sp³-hybridized carbons (Fsp3) is 0.200. The van der Waals surface area contributed by atoms with Crippen molar-refractivity contribution in [3.63, 3.8) is 0 Å². The van der Waals surface area contributed by atoms with Crippen LogP contribution in [0.2, 0.25) is 0 Å². The van der Waals surface area contributed by atoms with Gasteiger partial charge in [0.1, 0.15) is 16.8 Å². The molecule has 1 amide bonds. The smallest absolute Gasteiger partial charge is 0.411 e. The van der Waals surface area contributed by atoms with Gasteiger partial charge in [-0.25, -0.2) is 14.8 Å². The standard InChI is InChI=1S/C20H19N7O2S/c1-12-10-16(26-25-12)23-19-24-18(11-17-21-8-9-27(17)19)30-15-6-2-13(3-7-15)22-20(28)29-14-4-5-14/h2-3,6-11,14H,4-5H2,1H3,(H,22,28)(H2,23,24,25,26). The van der Waals surface area contributed by atoms with Gasteiger partial charge in [-0.05, 0) is 44.0 Å². The third-order valence-corrected chi connectivity index (χ3v) is 5.36. The van der Waals surface area contributed by atoms with Crippen LogP contribution in [-0.2, 0) is 4.74 Å². The molecule has 1 aliphatic rings. The number of hydrogen-bond acceptors (Lipinski definition) is 7. The van der Waals surface area contributed by atoms with Crippen molar-refractivity contribution in [2.24, 2.45) is 0 Å². The Labute approximate surface area is 176 Å². The predicted octanol–water partition coefficient (Wildman–Crippen LogP) is 4.37. The average Bonchev–Trinajstić information content (AvgIpc) is 3.22.